The number of anilines is 2. The number of methoxy groups -OCH3 is 1. The SMILES string of the molecule is COc1ccc(NS(=O)(=O)c2cccc(-c3ccsc3)n2)cc1N1CC(C)NC(C)C1. The molecular formula is C22H26N4O3S2. The second kappa shape index (κ2) is 8.86. The zero-order valence-corrected chi connectivity index (χ0v) is 19.3. The van der Waals surface area contributed by atoms with Gasteiger partial charge in [-0.2, -0.15) is 19.8 Å². The number of ether oxygens (including phenoxy) is 1. The molecule has 7 nitrogen and oxygen atoms in total. The van der Waals surface area contributed by atoms with E-state index >= 15 is 0 Å². The second-order valence-corrected chi connectivity index (χ2v) is 10.1. The lowest BCUT2D eigenvalue weighted by Gasteiger charge is -2.38. The average molecular weight is 459 g/mol. The first-order chi connectivity index (χ1) is 14.9. The van der Waals surface area contributed by atoms with Gasteiger partial charge in [0, 0.05) is 36.1 Å². The average Bonchev–Trinajstić information content (AvgIpc) is 3.28. The van der Waals surface area contributed by atoms with E-state index in [0.717, 1.165) is 24.3 Å². The van der Waals surface area contributed by atoms with Gasteiger partial charge < -0.3 is 15.0 Å². The lowest BCUT2D eigenvalue weighted by Crippen LogP contribution is -2.54. The van der Waals surface area contributed by atoms with Crippen molar-refractivity contribution in [2.45, 2.75) is 31.0 Å². The van der Waals surface area contributed by atoms with Gasteiger partial charge in [0.1, 0.15) is 5.75 Å². The van der Waals surface area contributed by atoms with Crippen LogP contribution in [0.15, 0.2) is 58.3 Å². The fourth-order valence-corrected chi connectivity index (χ4v) is 5.53. The molecule has 1 aromatic carbocycles. The Morgan fingerprint density at radius 2 is 1.94 bits per heavy atom. The number of aromatic nitrogens is 1. The molecule has 0 spiro atoms. The monoisotopic (exact) mass is 458 g/mol. The molecule has 1 aliphatic heterocycles. The van der Waals surface area contributed by atoms with E-state index in [0.29, 0.717) is 29.2 Å². The molecule has 0 aliphatic carbocycles. The van der Waals surface area contributed by atoms with Gasteiger partial charge in [-0.3, -0.25) is 4.72 Å². The Hall–Kier alpha value is -2.62. The number of rotatable bonds is 6. The minimum atomic E-state index is -3.84. The zero-order valence-electron chi connectivity index (χ0n) is 17.7. The van der Waals surface area contributed by atoms with Crippen molar-refractivity contribution in [2.24, 2.45) is 0 Å². The number of hydrogen-bond acceptors (Lipinski definition) is 7. The predicted molar refractivity (Wildman–Crippen MR) is 126 cm³/mol. The summed E-state index contributed by atoms with van der Waals surface area (Å²) in [4.78, 5) is 6.58. The molecular weight excluding hydrogens is 432 g/mol. The van der Waals surface area contributed by atoms with E-state index in [1.54, 1.807) is 42.7 Å². The fourth-order valence-electron chi connectivity index (χ4n) is 3.87. The smallest absolute Gasteiger partial charge is 0.279 e. The summed E-state index contributed by atoms with van der Waals surface area (Å²) in [5.74, 6) is 0.710. The number of hydrogen-bond donors (Lipinski definition) is 2. The molecule has 3 aromatic rings. The van der Waals surface area contributed by atoms with Gasteiger partial charge in [-0.25, -0.2) is 4.98 Å². The summed E-state index contributed by atoms with van der Waals surface area (Å²) in [6.45, 7) is 5.88. The molecule has 2 atom stereocenters. The summed E-state index contributed by atoms with van der Waals surface area (Å²) in [5.41, 5.74) is 2.86. The summed E-state index contributed by atoms with van der Waals surface area (Å²) < 4.78 is 34.3. The van der Waals surface area contributed by atoms with Crippen molar-refractivity contribution in [3.63, 3.8) is 0 Å². The van der Waals surface area contributed by atoms with Gasteiger partial charge in [0.05, 0.1) is 24.2 Å². The Bertz CT molecular complexity index is 1140. The second-order valence-electron chi connectivity index (χ2n) is 7.74. The van der Waals surface area contributed by atoms with E-state index < -0.39 is 10.0 Å². The fraction of sp³-hybridized carbons (Fsp3) is 0.318. The van der Waals surface area contributed by atoms with Crippen LogP contribution in [0.3, 0.4) is 0 Å². The Balaban J connectivity index is 1.62. The van der Waals surface area contributed by atoms with Gasteiger partial charge in [-0.1, -0.05) is 6.07 Å². The maximum atomic E-state index is 13.0. The first kappa shape index (κ1) is 21.6. The van der Waals surface area contributed by atoms with Crippen LogP contribution in [0.2, 0.25) is 0 Å². The quantitative estimate of drug-likeness (QED) is 0.585. The van der Waals surface area contributed by atoms with Crippen molar-refractivity contribution in [3.05, 3.63) is 53.2 Å². The Labute approximate surface area is 187 Å². The van der Waals surface area contributed by atoms with Crippen LogP contribution < -0.4 is 19.7 Å². The summed E-state index contributed by atoms with van der Waals surface area (Å²) >= 11 is 1.54. The highest BCUT2D eigenvalue weighted by atomic mass is 32.2. The van der Waals surface area contributed by atoms with Gasteiger partial charge in [-0.05, 0) is 55.6 Å². The molecule has 9 heteroatoms. The van der Waals surface area contributed by atoms with Gasteiger partial charge in [-0.15, -0.1) is 0 Å². The molecule has 0 bridgehead atoms. The number of sulfonamides is 1. The van der Waals surface area contributed by atoms with Crippen LogP contribution in [0.1, 0.15) is 13.8 Å². The van der Waals surface area contributed by atoms with Crippen LogP contribution in [0.25, 0.3) is 11.3 Å². The van der Waals surface area contributed by atoms with Crippen LogP contribution in [0, 0.1) is 0 Å². The summed E-state index contributed by atoms with van der Waals surface area (Å²) in [5, 5.41) is 7.37. The van der Waals surface area contributed by atoms with Crippen molar-refractivity contribution in [1.82, 2.24) is 10.3 Å². The predicted octanol–water partition coefficient (Wildman–Crippen LogP) is 3.81. The maximum Gasteiger partial charge on any atom is 0.279 e. The van der Waals surface area contributed by atoms with Gasteiger partial charge in [0.25, 0.3) is 10.0 Å². The van der Waals surface area contributed by atoms with Crippen LogP contribution in [-0.4, -0.2) is 45.7 Å². The van der Waals surface area contributed by atoms with E-state index in [1.807, 2.05) is 22.9 Å². The number of nitrogens with zero attached hydrogens (tertiary/aromatic N) is 2. The Morgan fingerprint density at radius 1 is 1.16 bits per heavy atom. The largest absolute Gasteiger partial charge is 0.495 e. The Kier molecular flexibility index (Phi) is 6.17. The van der Waals surface area contributed by atoms with E-state index in [9.17, 15) is 8.42 Å². The molecule has 1 fully saturated rings. The lowest BCUT2D eigenvalue weighted by molar-refractivity contribution is 0.391. The summed E-state index contributed by atoms with van der Waals surface area (Å²) in [6, 6.07) is 12.9. The molecule has 0 saturated carbocycles. The minimum absolute atomic E-state index is 0.0158. The highest BCUT2D eigenvalue weighted by Crippen LogP contribution is 2.33. The summed E-state index contributed by atoms with van der Waals surface area (Å²) in [7, 11) is -2.22. The third-order valence-electron chi connectivity index (χ3n) is 5.15. The molecule has 0 radical (unpaired) electrons. The van der Waals surface area contributed by atoms with E-state index in [4.69, 9.17) is 4.74 Å². The number of benzene rings is 1. The van der Waals surface area contributed by atoms with Crippen molar-refractivity contribution >= 4 is 32.7 Å². The third-order valence-corrected chi connectivity index (χ3v) is 7.11. The van der Waals surface area contributed by atoms with Gasteiger partial charge in [0.2, 0.25) is 0 Å². The summed E-state index contributed by atoms with van der Waals surface area (Å²) in [6.07, 6.45) is 0. The third kappa shape index (κ3) is 4.84. The minimum Gasteiger partial charge on any atom is -0.495 e. The number of nitrogens with one attached hydrogen (secondary N) is 2. The standard InChI is InChI=1S/C22H26N4O3S2/c1-15-12-26(13-16(2)23-15)20-11-18(7-8-21(20)29-3)25-31(27,28)22-6-4-5-19(24-22)17-9-10-30-14-17/h4-11,14-16,23,25H,12-13H2,1-3H3. The van der Waals surface area contributed by atoms with Crippen LogP contribution in [-0.2, 0) is 10.0 Å². The normalized spacial score (nSPS) is 19.3. The highest BCUT2D eigenvalue weighted by molar-refractivity contribution is 7.92. The van der Waals surface area contributed by atoms with E-state index in [2.05, 4.69) is 33.8 Å². The topological polar surface area (TPSA) is 83.6 Å². The van der Waals surface area contributed by atoms with Crippen molar-refractivity contribution in [2.75, 3.05) is 29.8 Å². The molecule has 2 unspecified atom stereocenters. The van der Waals surface area contributed by atoms with E-state index in [-0.39, 0.29) is 5.03 Å². The maximum absolute atomic E-state index is 13.0. The van der Waals surface area contributed by atoms with Gasteiger partial charge >= 0.3 is 0 Å². The molecule has 3 heterocycles. The first-order valence-corrected chi connectivity index (χ1v) is 12.5. The molecule has 2 N–H and O–H groups in total. The first-order valence-electron chi connectivity index (χ1n) is 10.1. The highest BCUT2D eigenvalue weighted by Gasteiger charge is 2.24. The van der Waals surface area contributed by atoms with Crippen molar-refractivity contribution in [3.8, 4) is 17.0 Å². The number of thiophene rings is 1. The van der Waals surface area contributed by atoms with Gasteiger partial charge in [0.15, 0.2) is 5.03 Å². The molecule has 31 heavy (non-hydrogen) atoms. The number of piperazine rings is 1. The molecule has 2 aromatic heterocycles. The molecule has 164 valence electrons. The zero-order chi connectivity index (χ0) is 22.0. The molecule has 0 amide bonds. The molecule has 1 saturated heterocycles. The lowest BCUT2D eigenvalue weighted by atomic mass is 10.1. The van der Waals surface area contributed by atoms with Crippen LogP contribution in [0.4, 0.5) is 11.4 Å². The van der Waals surface area contributed by atoms with Crippen LogP contribution in [0.5, 0.6) is 5.75 Å². The molecule has 1 aliphatic rings. The van der Waals surface area contributed by atoms with Crippen molar-refractivity contribution < 1.29 is 13.2 Å². The van der Waals surface area contributed by atoms with Crippen molar-refractivity contribution in [1.29, 1.82) is 0 Å². The van der Waals surface area contributed by atoms with E-state index in [1.165, 1.54) is 6.07 Å². The van der Waals surface area contributed by atoms with Crippen LogP contribution >= 0.6 is 11.3 Å². The molecule has 4 rings (SSSR count). The number of pyridine rings is 1. The Morgan fingerprint density at radius 3 is 2.61 bits per heavy atom.